The maximum atomic E-state index is 13.8. The summed E-state index contributed by atoms with van der Waals surface area (Å²) < 4.78 is 47.3. The molecular weight excluding hydrogens is 437 g/mol. The van der Waals surface area contributed by atoms with E-state index in [4.69, 9.17) is 4.74 Å². The first-order valence-electron chi connectivity index (χ1n) is 10.3. The summed E-state index contributed by atoms with van der Waals surface area (Å²) >= 11 is 0. The first-order valence-corrected chi connectivity index (χ1v) is 11.8. The molecule has 0 unspecified atom stereocenters. The number of hydrogen-bond donors (Lipinski definition) is 2. The van der Waals surface area contributed by atoms with Gasteiger partial charge in [-0.2, -0.15) is 4.31 Å². The van der Waals surface area contributed by atoms with Crippen LogP contribution >= 0.6 is 0 Å². The van der Waals surface area contributed by atoms with E-state index in [1.165, 1.54) is 28.6 Å². The standard InChI is InChI=1S/C22H24FN3O5S/c1-13-11-18-19(31-14(2)21(27)25-18)12-20(13)32(29,30)26-9-7-15(8-10-26)22(28)24-17-6-4-3-5-16(17)23/h3-6,11-12,14-15H,7-10H2,1-2H3,(H,24,28)(H,25,27)/t14-/m1/s1. The molecule has 0 aliphatic carbocycles. The Morgan fingerprint density at radius 3 is 2.59 bits per heavy atom. The topological polar surface area (TPSA) is 105 Å². The lowest BCUT2D eigenvalue weighted by atomic mass is 9.97. The molecule has 2 aromatic carbocycles. The van der Waals surface area contributed by atoms with Crippen molar-refractivity contribution in [2.45, 2.75) is 37.7 Å². The second-order valence-electron chi connectivity index (χ2n) is 8.01. The number of sulfonamides is 1. The number of aryl methyl sites for hydroxylation is 1. The van der Waals surface area contributed by atoms with E-state index in [0.717, 1.165) is 0 Å². The maximum Gasteiger partial charge on any atom is 0.265 e. The zero-order chi connectivity index (χ0) is 23.0. The zero-order valence-corrected chi connectivity index (χ0v) is 18.5. The van der Waals surface area contributed by atoms with Crippen LogP contribution in [0.2, 0.25) is 0 Å². The minimum Gasteiger partial charge on any atom is -0.479 e. The normalized spacial score (nSPS) is 19.6. The van der Waals surface area contributed by atoms with Gasteiger partial charge in [0.15, 0.2) is 6.10 Å². The van der Waals surface area contributed by atoms with E-state index < -0.39 is 27.9 Å². The van der Waals surface area contributed by atoms with Crippen LogP contribution in [-0.2, 0) is 19.6 Å². The van der Waals surface area contributed by atoms with Crippen molar-refractivity contribution in [3.8, 4) is 5.75 Å². The number of hydrogen-bond acceptors (Lipinski definition) is 5. The fraction of sp³-hybridized carbons (Fsp3) is 0.364. The molecule has 1 atom stereocenters. The van der Waals surface area contributed by atoms with Crippen LogP contribution in [0.5, 0.6) is 5.75 Å². The first kappa shape index (κ1) is 22.2. The molecular formula is C22H24FN3O5S. The van der Waals surface area contributed by atoms with E-state index in [-0.39, 0.29) is 35.5 Å². The van der Waals surface area contributed by atoms with Gasteiger partial charge in [-0.3, -0.25) is 9.59 Å². The monoisotopic (exact) mass is 461 g/mol. The first-order chi connectivity index (χ1) is 15.2. The van der Waals surface area contributed by atoms with E-state index in [2.05, 4.69) is 10.6 Å². The Bertz CT molecular complexity index is 1180. The van der Waals surface area contributed by atoms with Crippen LogP contribution in [0.4, 0.5) is 15.8 Å². The quantitative estimate of drug-likeness (QED) is 0.729. The third-order valence-corrected chi connectivity index (χ3v) is 7.82. The number of para-hydroxylation sites is 1. The Kier molecular flexibility index (Phi) is 5.91. The van der Waals surface area contributed by atoms with Gasteiger partial charge in [0.25, 0.3) is 5.91 Å². The number of carbonyl (C=O) groups excluding carboxylic acids is 2. The molecule has 2 N–H and O–H groups in total. The van der Waals surface area contributed by atoms with Gasteiger partial charge in [-0.15, -0.1) is 0 Å². The second kappa shape index (κ2) is 8.51. The fourth-order valence-corrected chi connectivity index (χ4v) is 5.61. The van der Waals surface area contributed by atoms with Gasteiger partial charge in [0.2, 0.25) is 15.9 Å². The lowest BCUT2D eigenvalue weighted by molar-refractivity contribution is -0.123. The van der Waals surface area contributed by atoms with Gasteiger partial charge >= 0.3 is 0 Å². The smallest absolute Gasteiger partial charge is 0.265 e. The van der Waals surface area contributed by atoms with Crippen molar-refractivity contribution < 1.29 is 27.1 Å². The molecule has 2 aliphatic rings. The highest BCUT2D eigenvalue weighted by atomic mass is 32.2. The van der Waals surface area contributed by atoms with Crippen LogP contribution in [-0.4, -0.2) is 43.7 Å². The Morgan fingerprint density at radius 1 is 1.22 bits per heavy atom. The van der Waals surface area contributed by atoms with Crippen molar-refractivity contribution in [1.29, 1.82) is 0 Å². The largest absolute Gasteiger partial charge is 0.479 e. The number of piperidine rings is 1. The Morgan fingerprint density at radius 2 is 1.91 bits per heavy atom. The molecule has 2 heterocycles. The summed E-state index contributed by atoms with van der Waals surface area (Å²) in [4.78, 5) is 24.4. The second-order valence-corrected chi connectivity index (χ2v) is 9.92. The average Bonchev–Trinajstić information content (AvgIpc) is 2.76. The van der Waals surface area contributed by atoms with Crippen molar-refractivity contribution >= 4 is 33.2 Å². The van der Waals surface area contributed by atoms with Gasteiger partial charge in [-0.1, -0.05) is 12.1 Å². The maximum absolute atomic E-state index is 13.8. The molecule has 4 rings (SSSR count). The Hall–Kier alpha value is -2.98. The third kappa shape index (κ3) is 4.20. The molecule has 0 bridgehead atoms. The van der Waals surface area contributed by atoms with Gasteiger partial charge in [-0.05, 0) is 50.5 Å². The number of rotatable bonds is 4. The van der Waals surface area contributed by atoms with Gasteiger partial charge < -0.3 is 15.4 Å². The minimum atomic E-state index is -3.82. The molecule has 170 valence electrons. The summed E-state index contributed by atoms with van der Waals surface area (Å²) in [6.07, 6.45) is -0.0651. The van der Waals surface area contributed by atoms with Crippen LogP contribution in [0, 0.1) is 18.7 Å². The fourth-order valence-electron chi connectivity index (χ4n) is 3.92. The summed E-state index contributed by atoms with van der Waals surface area (Å²) in [7, 11) is -3.82. The van der Waals surface area contributed by atoms with Crippen molar-refractivity contribution in [3.63, 3.8) is 0 Å². The average molecular weight is 462 g/mol. The van der Waals surface area contributed by atoms with Crippen molar-refractivity contribution in [2.24, 2.45) is 5.92 Å². The molecule has 1 fully saturated rings. The molecule has 32 heavy (non-hydrogen) atoms. The molecule has 0 spiro atoms. The molecule has 10 heteroatoms. The molecule has 2 aliphatic heterocycles. The highest BCUT2D eigenvalue weighted by Crippen LogP contribution is 2.36. The van der Waals surface area contributed by atoms with Crippen molar-refractivity contribution in [1.82, 2.24) is 4.31 Å². The number of anilines is 2. The van der Waals surface area contributed by atoms with Crippen LogP contribution < -0.4 is 15.4 Å². The highest BCUT2D eigenvalue weighted by Gasteiger charge is 2.34. The van der Waals surface area contributed by atoms with Crippen molar-refractivity contribution in [2.75, 3.05) is 23.7 Å². The summed E-state index contributed by atoms with van der Waals surface area (Å²) in [6.45, 7) is 3.58. The summed E-state index contributed by atoms with van der Waals surface area (Å²) in [5.41, 5.74) is 1.04. The van der Waals surface area contributed by atoms with Gasteiger partial charge in [0.05, 0.1) is 16.3 Å². The molecule has 2 amide bonds. The highest BCUT2D eigenvalue weighted by molar-refractivity contribution is 7.89. The molecule has 8 nitrogen and oxygen atoms in total. The van der Waals surface area contributed by atoms with E-state index in [1.54, 1.807) is 26.0 Å². The Labute approximate surface area is 185 Å². The Balaban J connectivity index is 1.46. The number of carbonyl (C=O) groups is 2. The van der Waals surface area contributed by atoms with Gasteiger partial charge in [0, 0.05) is 25.1 Å². The number of benzene rings is 2. The SMILES string of the molecule is Cc1cc2c(cc1S(=O)(=O)N1CCC(C(=O)Nc3ccccc3F)CC1)O[C@H](C)C(=O)N2. The molecule has 1 saturated heterocycles. The summed E-state index contributed by atoms with van der Waals surface area (Å²) in [5.74, 6) is -1.24. The van der Waals surface area contributed by atoms with Crippen LogP contribution in [0.25, 0.3) is 0 Å². The lowest BCUT2D eigenvalue weighted by Gasteiger charge is -2.31. The van der Waals surface area contributed by atoms with Crippen LogP contribution in [0.1, 0.15) is 25.3 Å². The predicted molar refractivity (Wildman–Crippen MR) is 116 cm³/mol. The number of fused-ring (bicyclic) bond motifs is 1. The molecule has 0 radical (unpaired) electrons. The molecule has 0 saturated carbocycles. The van der Waals surface area contributed by atoms with Crippen LogP contribution in [0.3, 0.4) is 0 Å². The summed E-state index contributed by atoms with van der Waals surface area (Å²) in [6, 6.07) is 8.94. The van der Waals surface area contributed by atoms with Crippen LogP contribution in [0.15, 0.2) is 41.3 Å². The van der Waals surface area contributed by atoms with E-state index in [0.29, 0.717) is 29.8 Å². The molecule has 0 aromatic heterocycles. The summed E-state index contributed by atoms with van der Waals surface area (Å²) in [5, 5.41) is 5.29. The van der Waals surface area contributed by atoms with Gasteiger partial charge in [0.1, 0.15) is 11.6 Å². The zero-order valence-electron chi connectivity index (χ0n) is 17.7. The number of ether oxygens (including phenoxy) is 1. The predicted octanol–water partition coefficient (Wildman–Crippen LogP) is 2.89. The third-order valence-electron chi connectivity index (χ3n) is 5.78. The molecule has 2 aromatic rings. The van der Waals surface area contributed by atoms with Gasteiger partial charge in [-0.25, -0.2) is 12.8 Å². The number of nitrogens with zero attached hydrogens (tertiary/aromatic N) is 1. The number of amides is 2. The van der Waals surface area contributed by atoms with E-state index in [9.17, 15) is 22.4 Å². The van der Waals surface area contributed by atoms with E-state index >= 15 is 0 Å². The van der Waals surface area contributed by atoms with E-state index in [1.807, 2.05) is 0 Å². The van der Waals surface area contributed by atoms with Crippen molar-refractivity contribution in [3.05, 3.63) is 47.8 Å². The number of nitrogens with one attached hydrogen (secondary N) is 2. The minimum absolute atomic E-state index is 0.105. The lowest BCUT2D eigenvalue weighted by Crippen LogP contribution is -2.41. The number of halogens is 1.